The molecule has 0 radical (unpaired) electrons. The number of rotatable bonds is 16. The highest BCUT2D eigenvalue weighted by Gasteiger charge is 2.12. The molecule has 0 bridgehead atoms. The lowest BCUT2D eigenvalue weighted by atomic mass is 9.95. The third-order valence-electron chi connectivity index (χ3n) is 4.61. The summed E-state index contributed by atoms with van der Waals surface area (Å²) in [7, 11) is 0. The number of carbonyl (C=O) groups is 1. The number of hydrogen-bond donors (Lipinski definition) is 1. The molecular formula is C20H38O2. The van der Waals surface area contributed by atoms with Gasteiger partial charge in [-0.3, -0.25) is 0 Å². The SMILES string of the molecule is C=C(C(=O)O)C(C)CCCCCCCCCCCCCCC. The van der Waals surface area contributed by atoms with E-state index in [1.165, 1.54) is 77.0 Å². The molecule has 2 heteroatoms. The smallest absolute Gasteiger partial charge is 0.331 e. The van der Waals surface area contributed by atoms with Crippen molar-refractivity contribution in [3.63, 3.8) is 0 Å². The van der Waals surface area contributed by atoms with Crippen LogP contribution in [0, 0.1) is 5.92 Å². The molecule has 130 valence electrons. The topological polar surface area (TPSA) is 37.3 Å². The van der Waals surface area contributed by atoms with Crippen LogP contribution in [0.15, 0.2) is 12.2 Å². The first-order valence-electron chi connectivity index (χ1n) is 9.51. The van der Waals surface area contributed by atoms with Crippen molar-refractivity contribution in [1.29, 1.82) is 0 Å². The average Bonchev–Trinajstić information content (AvgIpc) is 2.50. The van der Waals surface area contributed by atoms with E-state index in [9.17, 15) is 4.79 Å². The van der Waals surface area contributed by atoms with Crippen LogP contribution in [0.4, 0.5) is 0 Å². The molecule has 0 aliphatic rings. The number of carboxylic acid groups (broad SMARTS) is 1. The first kappa shape index (κ1) is 21.2. The molecule has 0 aliphatic carbocycles. The number of carboxylic acids is 1. The molecule has 1 atom stereocenters. The molecule has 0 aromatic heterocycles. The maximum atomic E-state index is 10.8. The van der Waals surface area contributed by atoms with Crippen molar-refractivity contribution in [2.24, 2.45) is 5.92 Å². The van der Waals surface area contributed by atoms with Gasteiger partial charge < -0.3 is 5.11 Å². The second kappa shape index (κ2) is 15.1. The van der Waals surface area contributed by atoms with Gasteiger partial charge in [-0.05, 0) is 12.3 Å². The molecule has 0 aromatic carbocycles. The zero-order chi connectivity index (χ0) is 16.6. The van der Waals surface area contributed by atoms with Crippen LogP contribution < -0.4 is 0 Å². The Bertz CT molecular complexity index is 283. The Morgan fingerprint density at radius 2 is 1.18 bits per heavy atom. The Hall–Kier alpha value is -0.790. The van der Waals surface area contributed by atoms with Crippen molar-refractivity contribution in [2.45, 2.75) is 104 Å². The molecule has 0 heterocycles. The van der Waals surface area contributed by atoms with Crippen LogP contribution in [0.5, 0.6) is 0 Å². The standard InChI is InChI=1S/C20H38O2/c1-4-5-6-7-8-9-10-11-12-13-14-15-16-17-18(2)19(3)20(21)22/h18H,3-17H2,1-2H3,(H,21,22). The molecule has 1 N–H and O–H groups in total. The Morgan fingerprint density at radius 3 is 1.55 bits per heavy atom. The largest absolute Gasteiger partial charge is 0.478 e. The fourth-order valence-corrected chi connectivity index (χ4v) is 2.85. The zero-order valence-electron chi connectivity index (χ0n) is 15.0. The fraction of sp³-hybridized carbons (Fsp3) is 0.850. The van der Waals surface area contributed by atoms with Crippen LogP contribution in [-0.4, -0.2) is 11.1 Å². The molecule has 0 fully saturated rings. The minimum Gasteiger partial charge on any atom is -0.478 e. The highest BCUT2D eigenvalue weighted by Crippen LogP contribution is 2.18. The van der Waals surface area contributed by atoms with Gasteiger partial charge in [-0.15, -0.1) is 0 Å². The molecule has 0 saturated heterocycles. The van der Waals surface area contributed by atoms with E-state index >= 15 is 0 Å². The van der Waals surface area contributed by atoms with Crippen LogP contribution in [0.1, 0.15) is 104 Å². The number of unbranched alkanes of at least 4 members (excludes halogenated alkanes) is 12. The molecule has 0 saturated carbocycles. The maximum Gasteiger partial charge on any atom is 0.331 e. The highest BCUT2D eigenvalue weighted by atomic mass is 16.4. The minimum absolute atomic E-state index is 0.116. The van der Waals surface area contributed by atoms with E-state index in [0.29, 0.717) is 5.57 Å². The van der Waals surface area contributed by atoms with Crippen molar-refractivity contribution >= 4 is 5.97 Å². The first-order valence-corrected chi connectivity index (χ1v) is 9.51. The predicted molar refractivity (Wildman–Crippen MR) is 96.3 cm³/mol. The second-order valence-corrected chi connectivity index (χ2v) is 6.76. The first-order chi connectivity index (χ1) is 10.6. The van der Waals surface area contributed by atoms with Gasteiger partial charge >= 0.3 is 5.97 Å². The highest BCUT2D eigenvalue weighted by molar-refractivity contribution is 5.86. The molecule has 22 heavy (non-hydrogen) atoms. The van der Waals surface area contributed by atoms with Crippen LogP contribution in [-0.2, 0) is 4.79 Å². The lowest BCUT2D eigenvalue weighted by Crippen LogP contribution is -2.08. The van der Waals surface area contributed by atoms with E-state index in [1.807, 2.05) is 6.92 Å². The third-order valence-corrected chi connectivity index (χ3v) is 4.61. The molecule has 0 aromatic rings. The van der Waals surface area contributed by atoms with Gasteiger partial charge in [0.25, 0.3) is 0 Å². The lowest BCUT2D eigenvalue weighted by Gasteiger charge is -2.10. The minimum atomic E-state index is -0.845. The zero-order valence-corrected chi connectivity index (χ0v) is 15.0. The Balaban J connectivity index is 3.21. The normalized spacial score (nSPS) is 12.3. The van der Waals surface area contributed by atoms with Crippen LogP contribution in [0.3, 0.4) is 0 Å². The number of aliphatic carboxylic acids is 1. The van der Waals surface area contributed by atoms with E-state index in [4.69, 9.17) is 5.11 Å². The van der Waals surface area contributed by atoms with Crippen molar-refractivity contribution in [3.8, 4) is 0 Å². The Labute approximate surface area is 138 Å². The summed E-state index contributed by atoms with van der Waals surface area (Å²) < 4.78 is 0. The summed E-state index contributed by atoms with van der Waals surface area (Å²) in [5.74, 6) is -0.729. The van der Waals surface area contributed by atoms with Crippen molar-refractivity contribution in [3.05, 3.63) is 12.2 Å². The van der Waals surface area contributed by atoms with E-state index in [2.05, 4.69) is 13.5 Å². The van der Waals surface area contributed by atoms with E-state index in [0.717, 1.165) is 12.8 Å². The summed E-state index contributed by atoms with van der Waals surface area (Å²) in [5.41, 5.74) is 0.360. The van der Waals surface area contributed by atoms with Crippen molar-refractivity contribution in [1.82, 2.24) is 0 Å². The fourth-order valence-electron chi connectivity index (χ4n) is 2.85. The molecule has 0 rings (SSSR count). The van der Waals surface area contributed by atoms with Gasteiger partial charge in [0.05, 0.1) is 0 Å². The average molecular weight is 311 g/mol. The lowest BCUT2D eigenvalue weighted by molar-refractivity contribution is -0.133. The van der Waals surface area contributed by atoms with Crippen LogP contribution in [0.25, 0.3) is 0 Å². The summed E-state index contributed by atoms with van der Waals surface area (Å²) in [6.07, 6.45) is 18.5. The Morgan fingerprint density at radius 1 is 0.818 bits per heavy atom. The summed E-state index contributed by atoms with van der Waals surface area (Å²) in [6, 6.07) is 0. The van der Waals surface area contributed by atoms with Gasteiger partial charge in [0, 0.05) is 5.57 Å². The molecule has 1 unspecified atom stereocenters. The molecule has 0 aliphatic heterocycles. The third kappa shape index (κ3) is 12.9. The van der Waals surface area contributed by atoms with Gasteiger partial charge in [0.2, 0.25) is 0 Å². The van der Waals surface area contributed by atoms with Gasteiger partial charge in [-0.2, -0.15) is 0 Å². The second-order valence-electron chi connectivity index (χ2n) is 6.76. The van der Waals surface area contributed by atoms with E-state index < -0.39 is 5.97 Å². The van der Waals surface area contributed by atoms with Gasteiger partial charge in [-0.25, -0.2) is 4.79 Å². The molecule has 0 spiro atoms. The van der Waals surface area contributed by atoms with Gasteiger partial charge in [0.15, 0.2) is 0 Å². The van der Waals surface area contributed by atoms with Crippen molar-refractivity contribution in [2.75, 3.05) is 0 Å². The summed E-state index contributed by atoms with van der Waals surface area (Å²) in [6.45, 7) is 7.87. The van der Waals surface area contributed by atoms with Gasteiger partial charge in [0.1, 0.15) is 0 Å². The summed E-state index contributed by atoms with van der Waals surface area (Å²) >= 11 is 0. The summed E-state index contributed by atoms with van der Waals surface area (Å²) in [4.78, 5) is 10.8. The molecule has 0 amide bonds. The van der Waals surface area contributed by atoms with Gasteiger partial charge in [-0.1, -0.05) is 104 Å². The molecule has 2 nitrogen and oxygen atoms in total. The quantitative estimate of drug-likeness (QED) is 0.253. The summed E-state index contributed by atoms with van der Waals surface area (Å²) in [5, 5.41) is 8.86. The van der Waals surface area contributed by atoms with Crippen LogP contribution in [0.2, 0.25) is 0 Å². The monoisotopic (exact) mass is 310 g/mol. The van der Waals surface area contributed by atoms with Crippen molar-refractivity contribution < 1.29 is 9.90 Å². The van der Waals surface area contributed by atoms with E-state index in [-0.39, 0.29) is 5.92 Å². The number of hydrogen-bond acceptors (Lipinski definition) is 1. The Kier molecular flexibility index (Phi) is 14.6. The molecular weight excluding hydrogens is 272 g/mol. The van der Waals surface area contributed by atoms with Crippen LogP contribution >= 0.6 is 0 Å². The van der Waals surface area contributed by atoms with E-state index in [1.54, 1.807) is 0 Å². The maximum absolute atomic E-state index is 10.8. The predicted octanol–water partition coefficient (Wildman–Crippen LogP) is 6.74.